The lowest BCUT2D eigenvalue weighted by atomic mass is 10.1. The normalized spacial score (nSPS) is 13.0. The van der Waals surface area contributed by atoms with E-state index in [1.807, 2.05) is 0 Å². The molecule has 0 fully saturated rings. The van der Waals surface area contributed by atoms with Gasteiger partial charge >= 0.3 is 0 Å². The fourth-order valence-corrected chi connectivity index (χ4v) is 7.82. The molecule has 0 aliphatic carbocycles. The number of carbonyl (C=O) groups excluding carboxylic acids is 2. The molecule has 2 N–H and O–H groups in total. The van der Waals surface area contributed by atoms with Gasteiger partial charge in [0.2, 0.25) is 5.78 Å². The van der Waals surface area contributed by atoms with Crippen molar-refractivity contribution in [3.8, 4) is 0 Å². The van der Waals surface area contributed by atoms with Gasteiger partial charge in [-0.15, -0.1) is 0 Å². The van der Waals surface area contributed by atoms with E-state index in [9.17, 15) is 26.4 Å². The molecule has 0 amide bonds. The van der Waals surface area contributed by atoms with Gasteiger partial charge in [0.15, 0.2) is 30.0 Å². The Morgan fingerprint density at radius 1 is 0.765 bits per heavy atom. The topological polar surface area (TPSA) is 168 Å². The predicted octanol–water partition coefficient (Wildman–Crippen LogP) is 2.58. The first-order valence-electron chi connectivity index (χ1n) is 9.80. The molecule has 0 bridgehead atoms. The summed E-state index contributed by atoms with van der Waals surface area (Å²) in [5.41, 5.74) is 1.59. The maximum absolute atomic E-state index is 13.3. The predicted molar refractivity (Wildman–Crippen MR) is 126 cm³/mol. The van der Waals surface area contributed by atoms with E-state index in [0.717, 1.165) is 37.4 Å². The van der Waals surface area contributed by atoms with E-state index in [1.54, 1.807) is 38.1 Å². The lowest BCUT2D eigenvalue weighted by molar-refractivity contribution is -0.137. The number of oxime groups is 2. The maximum atomic E-state index is 13.3. The first-order valence-corrected chi connectivity index (χ1v) is 12.9. The summed E-state index contributed by atoms with van der Waals surface area (Å²) in [6.45, 7) is 5.68. The molecule has 0 aromatic heterocycles. The molecule has 34 heavy (non-hydrogen) atoms. The lowest BCUT2D eigenvalue weighted by Gasteiger charge is -2.23. The van der Waals surface area contributed by atoms with Gasteiger partial charge in [0.1, 0.15) is 0 Å². The Labute approximate surface area is 198 Å². The van der Waals surface area contributed by atoms with Gasteiger partial charge in [-0.25, -0.2) is 16.8 Å². The van der Waals surface area contributed by atoms with Crippen LogP contribution < -0.4 is 0 Å². The third kappa shape index (κ3) is 7.06. The highest BCUT2D eigenvalue weighted by Crippen LogP contribution is 2.31. The molecule has 2 rings (SSSR count). The van der Waals surface area contributed by atoms with Crippen LogP contribution >= 0.6 is 0 Å². The number of nitrogens with zero attached hydrogens (tertiary/aromatic N) is 2. The zero-order valence-corrected chi connectivity index (χ0v) is 20.6. The Hall–Kier alpha value is -3.38. The molecule has 1 unspecified atom stereocenters. The number of sulfone groups is 2. The van der Waals surface area contributed by atoms with Gasteiger partial charge < -0.3 is 10.4 Å². The van der Waals surface area contributed by atoms with Crippen molar-refractivity contribution in [3.05, 3.63) is 59.7 Å². The smallest absolute Gasteiger partial charge is 0.203 e. The van der Waals surface area contributed by atoms with Crippen molar-refractivity contribution >= 4 is 43.7 Å². The zero-order chi connectivity index (χ0) is 26.1. The van der Waals surface area contributed by atoms with Crippen LogP contribution in [0, 0.1) is 19.8 Å². The van der Waals surface area contributed by atoms with Crippen molar-refractivity contribution in [3.63, 3.8) is 0 Å². The largest absolute Gasteiger partial charge is 0.411 e. The summed E-state index contributed by atoms with van der Waals surface area (Å²) in [6, 6.07) is 11.4. The Morgan fingerprint density at radius 3 is 1.35 bits per heavy atom. The first-order chi connectivity index (χ1) is 15.8. The van der Waals surface area contributed by atoms with Crippen LogP contribution in [0.3, 0.4) is 0 Å². The van der Waals surface area contributed by atoms with Crippen molar-refractivity contribution in [2.45, 2.75) is 42.1 Å². The van der Waals surface area contributed by atoms with E-state index < -0.39 is 41.7 Å². The second kappa shape index (κ2) is 12.2. The quantitative estimate of drug-likeness (QED) is 0.236. The molecule has 1 atom stereocenters. The SMILES string of the molecule is CC(=O)C(=O)C(C)C(S(=O)(=O)c1ccc(C)cc1)S(=O)(=O)c1ccc(C)cc1.ON=CC=NO. The van der Waals surface area contributed by atoms with Crippen LogP contribution in [-0.4, -0.2) is 55.8 Å². The van der Waals surface area contributed by atoms with Gasteiger partial charge in [-0.2, -0.15) is 0 Å². The Balaban J connectivity index is 0.000000852. The summed E-state index contributed by atoms with van der Waals surface area (Å²) in [4.78, 5) is 23.4. The standard InChI is InChI=1S/C20H22O6S2.C2H4N2O2/c1-13-5-9-17(10-6-13)27(23,24)20(15(3)19(22)16(4)21)28(25,26)18-11-7-14(2)8-12-18;5-3-1-2-4-6/h5-12,15,20H,1-4H3;1-2,5-6H. The molecular weight excluding hydrogens is 484 g/mol. The summed E-state index contributed by atoms with van der Waals surface area (Å²) in [5.74, 6) is -3.50. The van der Waals surface area contributed by atoms with E-state index >= 15 is 0 Å². The summed E-state index contributed by atoms with van der Waals surface area (Å²) in [7, 11) is -8.95. The first kappa shape index (κ1) is 28.7. The fraction of sp³-hybridized carbons (Fsp3) is 0.273. The molecule has 0 spiro atoms. The highest BCUT2D eigenvalue weighted by atomic mass is 32.3. The molecule has 2 aromatic rings. The van der Waals surface area contributed by atoms with E-state index in [2.05, 4.69) is 10.3 Å². The fourth-order valence-electron chi connectivity index (χ4n) is 2.93. The number of aryl methyl sites for hydroxylation is 2. The lowest BCUT2D eigenvalue weighted by Crippen LogP contribution is -2.41. The Kier molecular flexibility index (Phi) is 10.3. The average molecular weight is 511 g/mol. The van der Waals surface area contributed by atoms with Gasteiger partial charge in [-0.3, -0.25) is 9.59 Å². The molecule has 0 radical (unpaired) electrons. The summed E-state index contributed by atoms with van der Waals surface area (Å²) in [6.07, 6.45) is 1.89. The van der Waals surface area contributed by atoms with E-state index in [4.69, 9.17) is 10.4 Å². The highest BCUT2D eigenvalue weighted by Gasteiger charge is 2.47. The van der Waals surface area contributed by atoms with Gasteiger partial charge in [0, 0.05) is 6.92 Å². The highest BCUT2D eigenvalue weighted by molar-refractivity contribution is 8.09. The molecule has 2 aromatic carbocycles. The maximum Gasteiger partial charge on any atom is 0.203 e. The van der Waals surface area contributed by atoms with Crippen LogP contribution in [0.1, 0.15) is 25.0 Å². The van der Waals surface area contributed by atoms with E-state index in [0.29, 0.717) is 0 Å². The zero-order valence-electron chi connectivity index (χ0n) is 19.0. The Bertz CT molecular complexity index is 1180. The molecule has 0 saturated carbocycles. The van der Waals surface area contributed by atoms with Gasteiger partial charge in [0.05, 0.1) is 28.1 Å². The van der Waals surface area contributed by atoms with Crippen LogP contribution in [0.15, 0.2) is 68.6 Å². The third-order valence-electron chi connectivity index (χ3n) is 4.68. The van der Waals surface area contributed by atoms with E-state index in [-0.39, 0.29) is 9.79 Å². The number of carbonyl (C=O) groups is 2. The number of Topliss-reactive ketones (excluding diaryl/α,β-unsaturated/α-hetero) is 2. The van der Waals surface area contributed by atoms with Gasteiger partial charge in [0.25, 0.3) is 0 Å². The second-order valence-corrected chi connectivity index (χ2v) is 11.8. The van der Waals surface area contributed by atoms with Gasteiger partial charge in [-0.1, -0.05) is 52.6 Å². The molecule has 0 heterocycles. The number of hydrogen-bond acceptors (Lipinski definition) is 10. The summed E-state index contributed by atoms with van der Waals surface area (Å²) >= 11 is 0. The van der Waals surface area contributed by atoms with Crippen LogP contribution in [0.25, 0.3) is 0 Å². The summed E-state index contributed by atoms with van der Waals surface area (Å²) < 4.78 is 50.9. The minimum Gasteiger partial charge on any atom is -0.411 e. The molecule has 10 nitrogen and oxygen atoms in total. The number of benzene rings is 2. The van der Waals surface area contributed by atoms with Crippen LogP contribution in [0.4, 0.5) is 0 Å². The number of ketones is 2. The minimum atomic E-state index is -4.47. The monoisotopic (exact) mass is 510 g/mol. The van der Waals surface area contributed by atoms with Crippen LogP contribution in [0.5, 0.6) is 0 Å². The average Bonchev–Trinajstić information content (AvgIpc) is 2.77. The van der Waals surface area contributed by atoms with Crippen molar-refractivity contribution in [2.75, 3.05) is 0 Å². The Morgan fingerprint density at radius 2 is 1.09 bits per heavy atom. The molecule has 12 heteroatoms. The van der Waals surface area contributed by atoms with E-state index in [1.165, 1.54) is 24.3 Å². The number of rotatable bonds is 8. The molecular formula is C22H26N2O8S2. The third-order valence-corrected chi connectivity index (χ3v) is 10.1. The second-order valence-electron chi connectivity index (χ2n) is 7.32. The molecule has 184 valence electrons. The van der Waals surface area contributed by atoms with Crippen molar-refractivity contribution in [1.82, 2.24) is 0 Å². The minimum absolute atomic E-state index is 0.220. The van der Waals surface area contributed by atoms with Crippen molar-refractivity contribution in [2.24, 2.45) is 16.2 Å². The molecule has 0 saturated heterocycles. The molecule has 0 aliphatic heterocycles. The summed E-state index contributed by atoms with van der Waals surface area (Å²) in [5, 5.41) is 20.1. The van der Waals surface area contributed by atoms with Crippen molar-refractivity contribution < 1.29 is 36.8 Å². The van der Waals surface area contributed by atoms with Crippen LogP contribution in [0.2, 0.25) is 0 Å². The van der Waals surface area contributed by atoms with Crippen LogP contribution in [-0.2, 0) is 29.3 Å². The van der Waals surface area contributed by atoms with Gasteiger partial charge in [-0.05, 0) is 38.1 Å². The van der Waals surface area contributed by atoms with Crippen molar-refractivity contribution in [1.29, 1.82) is 0 Å². The molecule has 0 aliphatic rings. The number of hydrogen-bond donors (Lipinski definition) is 2.